The topological polar surface area (TPSA) is 26.6 Å². The fraction of sp³-hybridized carbons (Fsp3) is 0.444. The molecule has 0 radical (unpaired) electrons. The van der Waals surface area contributed by atoms with Gasteiger partial charge in [0.1, 0.15) is 18.5 Å². The molecule has 3 aliphatic rings. The molecule has 2 atom stereocenters. The average molecular weight is 535 g/mol. The summed E-state index contributed by atoms with van der Waals surface area (Å²) in [6.07, 6.45) is 9.02. The highest BCUT2D eigenvalue weighted by Gasteiger charge is 2.32. The molecule has 0 spiro atoms. The minimum Gasteiger partial charge on any atom is -0.490 e. The largest absolute Gasteiger partial charge is 0.490 e. The molecule has 4 aromatic rings. The maximum atomic E-state index is 6.79. The molecule has 7 rings (SSSR count). The van der Waals surface area contributed by atoms with Gasteiger partial charge >= 0.3 is 0 Å². The molecule has 4 heteroatoms. The van der Waals surface area contributed by atoms with Gasteiger partial charge in [0.15, 0.2) is 0 Å². The van der Waals surface area contributed by atoms with Crippen LogP contribution in [0.2, 0.25) is 0 Å². The van der Waals surface area contributed by atoms with E-state index in [0.717, 1.165) is 32.0 Å². The van der Waals surface area contributed by atoms with Crippen molar-refractivity contribution in [3.05, 3.63) is 89.5 Å². The standard InChI is InChI=1S/C36H42N2O2/c1-26-12-10-20-33-34(26)36-35(28-15-6-3-7-16-28)31-18-8-9-19-32(31)38(36)23-30(25-40-33)39-24-29-17-11-21-37(29)22-27-13-4-2-5-14-27/h2,4-5,8-10,12-14,18-20,28-30H,3,6-7,11,15-17,21-25H2,1H3/t29?,30-/m0/s1. The number of aromatic nitrogens is 1. The van der Waals surface area contributed by atoms with Crippen LogP contribution in [-0.2, 0) is 17.8 Å². The van der Waals surface area contributed by atoms with Crippen LogP contribution in [0.1, 0.15) is 67.6 Å². The van der Waals surface area contributed by atoms with E-state index in [1.54, 1.807) is 5.56 Å². The molecule has 1 saturated carbocycles. The Kier molecular flexibility index (Phi) is 7.39. The van der Waals surface area contributed by atoms with Crippen LogP contribution in [-0.4, -0.2) is 41.4 Å². The lowest BCUT2D eigenvalue weighted by atomic mass is 9.81. The van der Waals surface area contributed by atoms with Crippen molar-refractivity contribution < 1.29 is 9.47 Å². The predicted molar refractivity (Wildman–Crippen MR) is 163 cm³/mol. The first-order chi connectivity index (χ1) is 19.8. The van der Waals surface area contributed by atoms with Crippen LogP contribution in [0.5, 0.6) is 5.75 Å². The number of para-hydroxylation sites is 1. The van der Waals surface area contributed by atoms with Gasteiger partial charge in [0, 0.05) is 29.1 Å². The fourth-order valence-electron chi connectivity index (χ4n) is 7.56. The van der Waals surface area contributed by atoms with Crippen LogP contribution in [0.4, 0.5) is 0 Å². The lowest BCUT2D eigenvalue weighted by molar-refractivity contribution is -0.0151. The zero-order chi connectivity index (χ0) is 26.9. The highest BCUT2D eigenvalue weighted by Crippen LogP contribution is 2.47. The zero-order valence-electron chi connectivity index (χ0n) is 23.9. The second kappa shape index (κ2) is 11.4. The van der Waals surface area contributed by atoms with E-state index in [2.05, 4.69) is 89.2 Å². The first kappa shape index (κ1) is 25.9. The van der Waals surface area contributed by atoms with Crippen molar-refractivity contribution in [1.29, 1.82) is 0 Å². The number of ether oxygens (including phenoxy) is 2. The van der Waals surface area contributed by atoms with Crippen molar-refractivity contribution in [2.24, 2.45) is 0 Å². The van der Waals surface area contributed by atoms with Gasteiger partial charge in [-0.15, -0.1) is 0 Å². The van der Waals surface area contributed by atoms with Gasteiger partial charge in [-0.1, -0.05) is 79.9 Å². The van der Waals surface area contributed by atoms with Crippen LogP contribution < -0.4 is 4.74 Å². The number of hydrogen-bond acceptors (Lipinski definition) is 3. The number of benzene rings is 3. The quantitative estimate of drug-likeness (QED) is 0.250. The van der Waals surface area contributed by atoms with Gasteiger partial charge in [-0.05, 0) is 73.9 Å². The first-order valence-electron chi connectivity index (χ1n) is 15.5. The van der Waals surface area contributed by atoms with E-state index in [1.807, 2.05) is 0 Å². The van der Waals surface area contributed by atoms with Crippen molar-refractivity contribution in [3.8, 4) is 17.0 Å². The fourth-order valence-corrected chi connectivity index (χ4v) is 7.56. The first-order valence-corrected chi connectivity index (χ1v) is 15.5. The second-order valence-electron chi connectivity index (χ2n) is 12.2. The second-order valence-corrected chi connectivity index (χ2v) is 12.2. The van der Waals surface area contributed by atoms with Gasteiger partial charge in [-0.3, -0.25) is 4.90 Å². The van der Waals surface area contributed by atoms with E-state index < -0.39 is 0 Å². The third-order valence-corrected chi connectivity index (χ3v) is 9.56. The number of fused-ring (bicyclic) bond motifs is 5. The predicted octanol–water partition coefficient (Wildman–Crippen LogP) is 8.11. The molecule has 208 valence electrons. The Morgan fingerprint density at radius 3 is 2.55 bits per heavy atom. The summed E-state index contributed by atoms with van der Waals surface area (Å²) in [6.45, 7) is 6.54. The number of hydrogen-bond donors (Lipinski definition) is 0. The normalized spacial score (nSPS) is 21.9. The van der Waals surface area contributed by atoms with Gasteiger partial charge in [0.05, 0.1) is 18.8 Å². The summed E-state index contributed by atoms with van der Waals surface area (Å²) in [6, 6.07) is 26.9. The zero-order valence-corrected chi connectivity index (χ0v) is 23.9. The summed E-state index contributed by atoms with van der Waals surface area (Å²) in [7, 11) is 0. The molecule has 0 bridgehead atoms. The summed E-state index contributed by atoms with van der Waals surface area (Å²) in [5.74, 6) is 1.60. The molecule has 4 nitrogen and oxygen atoms in total. The van der Waals surface area contributed by atoms with Crippen molar-refractivity contribution in [2.75, 3.05) is 19.8 Å². The van der Waals surface area contributed by atoms with Gasteiger partial charge < -0.3 is 14.0 Å². The Hall–Kier alpha value is -3.08. The maximum Gasteiger partial charge on any atom is 0.129 e. The van der Waals surface area contributed by atoms with E-state index in [-0.39, 0.29) is 6.10 Å². The monoisotopic (exact) mass is 534 g/mol. The third-order valence-electron chi connectivity index (χ3n) is 9.56. The summed E-state index contributed by atoms with van der Waals surface area (Å²) >= 11 is 0. The van der Waals surface area contributed by atoms with Crippen LogP contribution >= 0.6 is 0 Å². The van der Waals surface area contributed by atoms with Crippen molar-refractivity contribution >= 4 is 10.9 Å². The maximum absolute atomic E-state index is 6.79. The minimum absolute atomic E-state index is 0.00148. The van der Waals surface area contributed by atoms with Crippen molar-refractivity contribution in [2.45, 2.75) is 83.0 Å². The molecular formula is C36H42N2O2. The van der Waals surface area contributed by atoms with Gasteiger partial charge in [0.25, 0.3) is 0 Å². The molecule has 3 heterocycles. The lowest BCUT2D eigenvalue weighted by Gasteiger charge is -2.30. The molecular weight excluding hydrogens is 492 g/mol. The highest BCUT2D eigenvalue weighted by atomic mass is 16.5. The Labute approximate surface area is 238 Å². The highest BCUT2D eigenvalue weighted by molar-refractivity contribution is 5.94. The molecule has 0 amide bonds. The molecule has 0 N–H and O–H groups in total. The average Bonchev–Trinajstić information content (AvgIpc) is 3.55. The number of aryl methyl sites for hydroxylation is 1. The number of likely N-dealkylation sites (tertiary alicyclic amines) is 1. The summed E-state index contributed by atoms with van der Waals surface area (Å²) in [5.41, 5.74) is 8.22. The van der Waals surface area contributed by atoms with Gasteiger partial charge in [0.2, 0.25) is 0 Å². The van der Waals surface area contributed by atoms with Crippen molar-refractivity contribution in [1.82, 2.24) is 9.47 Å². The van der Waals surface area contributed by atoms with Gasteiger partial charge in [-0.2, -0.15) is 0 Å². The minimum atomic E-state index is 0.00148. The van der Waals surface area contributed by atoms with E-state index in [0.29, 0.717) is 18.6 Å². The molecule has 1 saturated heterocycles. The lowest BCUT2D eigenvalue weighted by Crippen LogP contribution is -2.37. The summed E-state index contributed by atoms with van der Waals surface area (Å²) in [4.78, 5) is 2.61. The van der Waals surface area contributed by atoms with Crippen LogP contribution in [0.3, 0.4) is 0 Å². The van der Waals surface area contributed by atoms with Crippen LogP contribution in [0.15, 0.2) is 72.8 Å². The number of nitrogens with zero attached hydrogens (tertiary/aromatic N) is 2. The molecule has 1 unspecified atom stereocenters. The van der Waals surface area contributed by atoms with E-state index in [9.17, 15) is 0 Å². The third kappa shape index (κ3) is 4.97. The summed E-state index contributed by atoms with van der Waals surface area (Å²) < 4.78 is 16.0. The Morgan fingerprint density at radius 1 is 0.850 bits per heavy atom. The molecule has 3 aromatic carbocycles. The Morgan fingerprint density at radius 2 is 1.68 bits per heavy atom. The molecule has 1 aromatic heterocycles. The van der Waals surface area contributed by atoms with E-state index in [4.69, 9.17) is 9.47 Å². The SMILES string of the molecule is Cc1cccc2c1-c1c(C3CCCCC3)c3ccccc3n1C[C@H](OCC1CCCN1Cc1ccccc1)CO2. The molecule has 2 aliphatic heterocycles. The summed E-state index contributed by atoms with van der Waals surface area (Å²) in [5, 5.41) is 1.42. The van der Waals surface area contributed by atoms with Crippen molar-refractivity contribution in [3.63, 3.8) is 0 Å². The van der Waals surface area contributed by atoms with Crippen LogP contribution in [0.25, 0.3) is 22.2 Å². The van der Waals surface area contributed by atoms with E-state index in [1.165, 1.54) is 78.2 Å². The molecule has 1 aliphatic carbocycles. The molecule has 2 fully saturated rings. The number of rotatable bonds is 6. The Bertz CT molecular complexity index is 1450. The smallest absolute Gasteiger partial charge is 0.129 e. The molecule has 40 heavy (non-hydrogen) atoms. The van der Waals surface area contributed by atoms with E-state index >= 15 is 0 Å². The van der Waals surface area contributed by atoms with Gasteiger partial charge in [-0.25, -0.2) is 0 Å². The Balaban J connectivity index is 1.22. The van der Waals surface area contributed by atoms with Crippen LogP contribution in [0, 0.1) is 6.92 Å².